The molecule has 2 heterocycles. The minimum atomic E-state index is -0.835. The van der Waals surface area contributed by atoms with E-state index in [1.807, 2.05) is 13.0 Å². The summed E-state index contributed by atoms with van der Waals surface area (Å²) in [6, 6.07) is 3.57. The second-order valence-corrected chi connectivity index (χ2v) is 4.45. The van der Waals surface area contributed by atoms with E-state index in [2.05, 4.69) is 14.5 Å². The first kappa shape index (κ1) is 15.4. The van der Waals surface area contributed by atoms with E-state index in [4.69, 9.17) is 0 Å². The molecule has 0 saturated carbocycles. The van der Waals surface area contributed by atoms with Gasteiger partial charge >= 0.3 is 11.9 Å². The second kappa shape index (κ2) is 6.21. The van der Waals surface area contributed by atoms with Crippen molar-refractivity contribution in [2.24, 2.45) is 0 Å². The average molecular weight is 302 g/mol. The lowest BCUT2D eigenvalue weighted by molar-refractivity contribution is 0.0595. The van der Waals surface area contributed by atoms with Crippen LogP contribution in [0.3, 0.4) is 0 Å². The van der Waals surface area contributed by atoms with Crippen LogP contribution >= 0.6 is 0 Å². The maximum absolute atomic E-state index is 12.2. The highest BCUT2D eigenvalue weighted by atomic mass is 16.5. The number of hydrogen-bond donors (Lipinski definition) is 0. The van der Waals surface area contributed by atoms with E-state index >= 15 is 0 Å². The molecular formula is C15H14N2O5. The Labute approximate surface area is 126 Å². The zero-order valence-corrected chi connectivity index (χ0v) is 12.3. The molecule has 0 amide bonds. The van der Waals surface area contributed by atoms with Gasteiger partial charge in [-0.1, -0.05) is 6.07 Å². The molecule has 0 saturated heterocycles. The highest BCUT2D eigenvalue weighted by Crippen LogP contribution is 2.12. The third-order valence-electron chi connectivity index (χ3n) is 3.06. The number of rotatable bonds is 3. The van der Waals surface area contributed by atoms with Crippen molar-refractivity contribution in [1.29, 1.82) is 0 Å². The van der Waals surface area contributed by atoms with Crippen LogP contribution in [0.25, 0.3) is 5.82 Å². The lowest BCUT2D eigenvalue weighted by Gasteiger charge is -2.11. The highest BCUT2D eigenvalue weighted by Gasteiger charge is 2.21. The normalized spacial score (nSPS) is 10.1. The zero-order valence-electron chi connectivity index (χ0n) is 12.3. The molecule has 2 aromatic heterocycles. The summed E-state index contributed by atoms with van der Waals surface area (Å²) in [7, 11) is 2.31. The highest BCUT2D eigenvalue weighted by molar-refractivity contribution is 5.94. The Hall–Kier alpha value is -2.96. The Morgan fingerprint density at radius 1 is 1.09 bits per heavy atom. The van der Waals surface area contributed by atoms with Crippen molar-refractivity contribution in [3.8, 4) is 5.82 Å². The van der Waals surface area contributed by atoms with E-state index in [0.29, 0.717) is 5.82 Å². The van der Waals surface area contributed by atoms with Crippen LogP contribution in [0, 0.1) is 6.92 Å². The number of aryl methyl sites for hydroxylation is 1. The van der Waals surface area contributed by atoms with Gasteiger partial charge in [0, 0.05) is 18.6 Å². The van der Waals surface area contributed by atoms with Gasteiger partial charge in [0.2, 0.25) is 5.43 Å². The molecule has 114 valence electrons. The predicted molar refractivity (Wildman–Crippen MR) is 77.3 cm³/mol. The van der Waals surface area contributed by atoms with Crippen molar-refractivity contribution in [2.45, 2.75) is 6.92 Å². The number of carbonyl (C=O) groups is 2. The maximum atomic E-state index is 12.2. The van der Waals surface area contributed by atoms with Gasteiger partial charge in [-0.25, -0.2) is 14.6 Å². The van der Waals surface area contributed by atoms with Crippen molar-refractivity contribution in [3.63, 3.8) is 0 Å². The first-order chi connectivity index (χ1) is 10.5. The van der Waals surface area contributed by atoms with Gasteiger partial charge in [0.25, 0.3) is 0 Å². The third-order valence-corrected chi connectivity index (χ3v) is 3.06. The van der Waals surface area contributed by atoms with Crippen molar-refractivity contribution in [3.05, 3.63) is 57.6 Å². The molecule has 0 aliphatic carbocycles. The smallest absolute Gasteiger partial charge is 0.343 e. The maximum Gasteiger partial charge on any atom is 0.343 e. The molecular weight excluding hydrogens is 288 g/mol. The topological polar surface area (TPSA) is 87.5 Å². The van der Waals surface area contributed by atoms with Crippen LogP contribution in [0.1, 0.15) is 26.3 Å². The van der Waals surface area contributed by atoms with E-state index in [-0.39, 0.29) is 11.1 Å². The Morgan fingerprint density at radius 3 is 2.09 bits per heavy atom. The molecule has 0 spiro atoms. The third kappa shape index (κ3) is 2.73. The zero-order chi connectivity index (χ0) is 16.3. The lowest BCUT2D eigenvalue weighted by Crippen LogP contribution is -2.26. The van der Waals surface area contributed by atoms with Crippen LogP contribution in [0.4, 0.5) is 0 Å². The minimum Gasteiger partial charge on any atom is -0.465 e. The van der Waals surface area contributed by atoms with Crippen LogP contribution in [0.5, 0.6) is 0 Å². The second-order valence-electron chi connectivity index (χ2n) is 4.45. The fourth-order valence-electron chi connectivity index (χ4n) is 1.96. The summed E-state index contributed by atoms with van der Waals surface area (Å²) >= 11 is 0. The molecule has 0 N–H and O–H groups in total. The van der Waals surface area contributed by atoms with Gasteiger partial charge in [0.05, 0.1) is 14.2 Å². The van der Waals surface area contributed by atoms with E-state index < -0.39 is 17.4 Å². The van der Waals surface area contributed by atoms with Crippen molar-refractivity contribution in [1.82, 2.24) is 9.55 Å². The number of ether oxygens (including phenoxy) is 2. The van der Waals surface area contributed by atoms with Crippen LogP contribution in [-0.2, 0) is 9.47 Å². The van der Waals surface area contributed by atoms with Crippen LogP contribution in [-0.4, -0.2) is 35.7 Å². The van der Waals surface area contributed by atoms with E-state index in [1.165, 1.54) is 17.0 Å². The van der Waals surface area contributed by atoms with Gasteiger partial charge in [-0.05, 0) is 18.6 Å². The summed E-state index contributed by atoms with van der Waals surface area (Å²) in [6.45, 7) is 1.82. The SMILES string of the molecule is COC(=O)c1cn(-c2ncccc2C)cc(C(=O)OC)c1=O. The van der Waals surface area contributed by atoms with Crippen molar-refractivity contribution >= 4 is 11.9 Å². The van der Waals surface area contributed by atoms with Gasteiger partial charge in [-0.3, -0.25) is 4.79 Å². The molecule has 0 aromatic carbocycles. The monoisotopic (exact) mass is 302 g/mol. The quantitative estimate of drug-likeness (QED) is 0.789. The van der Waals surface area contributed by atoms with Gasteiger partial charge < -0.3 is 14.0 Å². The van der Waals surface area contributed by atoms with E-state index in [0.717, 1.165) is 19.8 Å². The number of hydrogen-bond acceptors (Lipinski definition) is 6. The van der Waals surface area contributed by atoms with Crippen molar-refractivity contribution < 1.29 is 19.1 Å². The van der Waals surface area contributed by atoms with Gasteiger partial charge in [-0.15, -0.1) is 0 Å². The Balaban J connectivity index is 2.76. The predicted octanol–water partition coefficient (Wildman–Crippen LogP) is 1.11. The summed E-state index contributed by atoms with van der Waals surface area (Å²) in [6.07, 6.45) is 4.14. The molecule has 7 heteroatoms. The Bertz CT molecular complexity index is 755. The summed E-state index contributed by atoms with van der Waals surface area (Å²) in [5, 5.41) is 0. The molecule has 7 nitrogen and oxygen atoms in total. The molecule has 0 bridgehead atoms. The summed E-state index contributed by atoms with van der Waals surface area (Å²) < 4.78 is 10.6. The molecule has 0 aliphatic rings. The van der Waals surface area contributed by atoms with E-state index in [9.17, 15) is 14.4 Å². The van der Waals surface area contributed by atoms with Gasteiger partial charge in [-0.2, -0.15) is 0 Å². The molecule has 0 aliphatic heterocycles. The first-order valence-corrected chi connectivity index (χ1v) is 6.34. The average Bonchev–Trinajstić information content (AvgIpc) is 2.54. The first-order valence-electron chi connectivity index (χ1n) is 6.34. The largest absolute Gasteiger partial charge is 0.465 e. The summed E-state index contributed by atoms with van der Waals surface area (Å²) in [5.41, 5.74) is -0.479. The number of methoxy groups -OCH3 is 2. The standard InChI is InChI=1S/C15H14N2O5/c1-9-5-4-6-16-13(9)17-7-10(14(19)21-2)12(18)11(8-17)15(20)22-3/h4-8H,1-3H3. The molecule has 22 heavy (non-hydrogen) atoms. The summed E-state index contributed by atoms with van der Waals surface area (Å²) in [4.78, 5) is 39.9. The van der Waals surface area contributed by atoms with Gasteiger partial charge in [0.15, 0.2) is 0 Å². The van der Waals surface area contributed by atoms with Crippen molar-refractivity contribution in [2.75, 3.05) is 14.2 Å². The molecule has 2 rings (SSSR count). The molecule has 0 atom stereocenters. The Kier molecular flexibility index (Phi) is 4.36. The number of carbonyl (C=O) groups excluding carboxylic acids is 2. The molecule has 2 aromatic rings. The number of esters is 2. The lowest BCUT2D eigenvalue weighted by atomic mass is 10.1. The molecule has 0 radical (unpaired) electrons. The van der Waals surface area contributed by atoms with Gasteiger partial charge in [0.1, 0.15) is 16.9 Å². The number of aromatic nitrogens is 2. The fraction of sp³-hybridized carbons (Fsp3) is 0.200. The van der Waals surface area contributed by atoms with E-state index in [1.54, 1.807) is 12.3 Å². The fourth-order valence-corrected chi connectivity index (χ4v) is 1.96. The molecule has 0 fully saturated rings. The minimum absolute atomic E-state index is 0.268. The summed E-state index contributed by atoms with van der Waals surface area (Å²) in [5.74, 6) is -1.19. The number of nitrogens with zero attached hydrogens (tertiary/aromatic N) is 2. The Morgan fingerprint density at radius 2 is 1.64 bits per heavy atom. The van der Waals surface area contributed by atoms with Crippen LogP contribution in [0.15, 0.2) is 35.5 Å². The molecule has 0 unspecified atom stereocenters. The van der Waals surface area contributed by atoms with Crippen LogP contribution in [0.2, 0.25) is 0 Å². The number of pyridine rings is 2. The van der Waals surface area contributed by atoms with Crippen LogP contribution < -0.4 is 5.43 Å².